The van der Waals surface area contributed by atoms with Crippen molar-refractivity contribution in [1.82, 2.24) is 9.47 Å². The van der Waals surface area contributed by atoms with Gasteiger partial charge in [-0.15, -0.1) is 18.2 Å². The topological polar surface area (TPSA) is 153 Å². The first-order valence-electron chi connectivity index (χ1n) is 20.5. The second-order valence-electron chi connectivity index (χ2n) is 15.6. The Morgan fingerprint density at radius 3 is 2.19 bits per heavy atom. The molecule has 1 fully saturated rings. The molecule has 0 saturated carbocycles. The molecule has 0 spiro atoms. The van der Waals surface area contributed by atoms with Gasteiger partial charge in [0.1, 0.15) is 17.1 Å². The molecule has 330 valence electrons. The second kappa shape index (κ2) is 19.9. The Morgan fingerprint density at radius 1 is 0.891 bits per heavy atom. The molecular weight excluding hydrogens is 870 g/mol. The molecule has 7 rings (SSSR count). The summed E-state index contributed by atoms with van der Waals surface area (Å²) in [5.74, 6) is 2.26. The molecule has 64 heavy (non-hydrogen) atoms. The molecule has 5 aromatic carbocycles. The molecule has 1 aliphatic rings. The molecule has 0 aliphatic carbocycles. The average molecular weight is 919 g/mol. The van der Waals surface area contributed by atoms with Crippen LogP contribution in [0.3, 0.4) is 0 Å². The maximum atomic E-state index is 13.6. The van der Waals surface area contributed by atoms with Crippen LogP contribution in [0.15, 0.2) is 131 Å². The minimum absolute atomic E-state index is 0.0894. The van der Waals surface area contributed by atoms with Gasteiger partial charge in [0.2, 0.25) is 0 Å². The van der Waals surface area contributed by atoms with Crippen LogP contribution >= 0.6 is 23.4 Å². The number of benzene rings is 5. The fraction of sp³-hybridized carbons (Fsp3) is 0.229. The van der Waals surface area contributed by atoms with Crippen LogP contribution in [0.4, 0.5) is 28.4 Å². The number of nitrogens with zero attached hydrogens (tertiary/aromatic N) is 5. The van der Waals surface area contributed by atoms with Crippen LogP contribution in [0.25, 0.3) is 22.3 Å². The molecule has 3 N–H and O–H groups in total. The molecule has 0 bridgehead atoms. The number of sulfonamides is 1. The predicted molar refractivity (Wildman–Crippen MR) is 259 cm³/mol. The van der Waals surface area contributed by atoms with Gasteiger partial charge in [-0.3, -0.25) is 14.8 Å². The predicted octanol–water partition coefficient (Wildman–Crippen LogP) is 9.25. The average Bonchev–Trinajstić information content (AvgIpc) is 3.60. The number of carboxylic acid groups (broad SMARTS) is 1. The van der Waals surface area contributed by atoms with E-state index < -0.39 is 20.9 Å². The highest BCUT2D eigenvalue weighted by molar-refractivity contribution is 7.99. The van der Waals surface area contributed by atoms with Gasteiger partial charge in [-0.05, 0) is 111 Å². The Balaban J connectivity index is 1.02. The zero-order valence-corrected chi connectivity index (χ0v) is 38.0. The van der Waals surface area contributed by atoms with Crippen molar-refractivity contribution in [2.75, 3.05) is 72.4 Å². The first-order chi connectivity index (χ1) is 30.7. The lowest BCUT2D eigenvalue weighted by molar-refractivity contribution is -0.384. The monoisotopic (exact) mass is 917 g/mol. The fourth-order valence-electron chi connectivity index (χ4n) is 7.81. The summed E-state index contributed by atoms with van der Waals surface area (Å²) in [7, 11) is 1.43. The second-order valence-corrected chi connectivity index (χ2v) is 18.8. The van der Waals surface area contributed by atoms with Gasteiger partial charge in [-0.1, -0.05) is 60.0 Å². The van der Waals surface area contributed by atoms with Crippen LogP contribution in [0.2, 0.25) is 5.02 Å². The van der Waals surface area contributed by atoms with E-state index in [0.717, 1.165) is 46.4 Å². The molecular formula is C48H48ClN7O6S2. The highest BCUT2D eigenvalue weighted by atomic mass is 35.5. The molecule has 16 heteroatoms. The quantitative estimate of drug-likeness (QED) is 0.0347. The van der Waals surface area contributed by atoms with E-state index in [9.17, 15) is 28.4 Å². The van der Waals surface area contributed by atoms with E-state index in [-0.39, 0.29) is 28.0 Å². The van der Waals surface area contributed by atoms with Crippen LogP contribution in [-0.2, 0) is 17.1 Å². The van der Waals surface area contributed by atoms with Gasteiger partial charge in [0.25, 0.3) is 15.7 Å². The highest BCUT2D eigenvalue weighted by Gasteiger charge is 2.28. The lowest BCUT2D eigenvalue weighted by Gasteiger charge is -2.37. The van der Waals surface area contributed by atoms with Gasteiger partial charge < -0.3 is 29.7 Å². The zero-order chi connectivity index (χ0) is 45.5. The number of carbonyl (C=O) groups is 1. The lowest BCUT2D eigenvalue weighted by Crippen LogP contribution is -2.46. The lowest BCUT2D eigenvalue weighted by atomic mass is 9.94. The van der Waals surface area contributed by atoms with E-state index in [1.165, 1.54) is 12.1 Å². The Hall–Kier alpha value is -6.44. The van der Waals surface area contributed by atoms with Gasteiger partial charge in [-0.2, -0.15) is 0 Å². The van der Waals surface area contributed by atoms with E-state index >= 15 is 0 Å². The van der Waals surface area contributed by atoms with E-state index in [4.69, 9.17) is 18.0 Å². The summed E-state index contributed by atoms with van der Waals surface area (Å²) in [4.78, 5) is 31.7. The van der Waals surface area contributed by atoms with Crippen molar-refractivity contribution in [2.24, 2.45) is 7.05 Å². The number of aromatic nitrogens is 1. The van der Waals surface area contributed by atoms with Crippen molar-refractivity contribution in [2.45, 2.75) is 22.3 Å². The Kier molecular flexibility index (Phi) is 14.2. The number of piperazine rings is 1. The number of terminal acetylenes is 1. The number of hydrogen-bond acceptors (Lipinski definition) is 10. The number of aromatic carboxylic acids is 1. The molecule has 6 aromatic rings. The molecule has 1 atom stereocenters. The number of hydrogen-bond donors (Lipinski definition) is 3. The Labute approximate surface area is 382 Å². The summed E-state index contributed by atoms with van der Waals surface area (Å²) in [5.41, 5.74) is 5.28. The maximum absolute atomic E-state index is 13.6. The number of rotatable bonds is 17. The summed E-state index contributed by atoms with van der Waals surface area (Å²) in [6.07, 6.45) is 6.67. The number of thioether (sulfide) groups is 1. The van der Waals surface area contributed by atoms with Crippen LogP contribution in [0, 0.1) is 22.5 Å². The molecule has 1 aromatic heterocycles. The SMILES string of the molecule is C#Cc1c(-c2ccc(Cl)cc2)c(-c2cccc(N3CCN(c4ccc(NS(=O)(=O)c5ccc(N[C@H](CCN(C)C)CSc6ccccc6)c([N+](=O)[O-])c5)cc4)CC3)c2)c(C(=O)O)n1C. The van der Waals surface area contributed by atoms with Gasteiger partial charge in [0.05, 0.1) is 9.82 Å². The standard InChI is InChI=1S/C48H48ClN7O6S2/c1-5-43-45(33-14-16-35(49)17-15-33)46(47(48(57)58)53(43)4)34-10-9-11-39(30-34)55-28-26-54(27-29-55)38-20-18-36(19-21-38)51-64(61,62)41-22-23-42(44(31-41)56(59)60)50-37(24-25-52(2)3)32-63-40-12-7-6-8-13-40/h1,6-23,30-31,37,50-51H,24-29,32H2,2-4H3,(H,57,58)/t37-/m1/s1. The number of nitrogens with one attached hydrogen (secondary N) is 2. The summed E-state index contributed by atoms with van der Waals surface area (Å²) in [6, 6.07) is 35.7. The third kappa shape index (κ3) is 10.5. The molecule has 2 heterocycles. The molecule has 13 nitrogen and oxygen atoms in total. The maximum Gasteiger partial charge on any atom is 0.353 e. The number of carboxylic acids is 1. The van der Waals surface area contributed by atoms with Crippen LogP contribution < -0.4 is 19.8 Å². The molecule has 1 aliphatic heterocycles. The van der Waals surface area contributed by atoms with Crippen molar-refractivity contribution in [3.63, 3.8) is 0 Å². The third-order valence-corrected chi connectivity index (χ3v) is 13.9. The van der Waals surface area contributed by atoms with Crippen LogP contribution in [-0.4, -0.2) is 92.5 Å². The minimum Gasteiger partial charge on any atom is -0.477 e. The summed E-state index contributed by atoms with van der Waals surface area (Å²) >= 11 is 7.84. The van der Waals surface area contributed by atoms with Crippen molar-refractivity contribution in [3.05, 3.63) is 148 Å². The zero-order valence-electron chi connectivity index (χ0n) is 35.6. The first kappa shape index (κ1) is 45.6. The van der Waals surface area contributed by atoms with E-state index in [0.29, 0.717) is 59.5 Å². The number of nitro benzene ring substituents is 1. The number of halogens is 1. The van der Waals surface area contributed by atoms with Crippen molar-refractivity contribution in [1.29, 1.82) is 0 Å². The van der Waals surface area contributed by atoms with E-state index in [2.05, 4.69) is 30.7 Å². The number of nitro groups is 1. The minimum atomic E-state index is -4.17. The van der Waals surface area contributed by atoms with E-state index in [1.807, 2.05) is 93.0 Å². The number of anilines is 4. The van der Waals surface area contributed by atoms with Crippen LogP contribution in [0.5, 0.6) is 0 Å². The summed E-state index contributed by atoms with van der Waals surface area (Å²) < 4.78 is 31.3. The Bertz CT molecular complexity index is 2790. The van der Waals surface area contributed by atoms with Gasteiger partial charge in [0, 0.05) is 89.2 Å². The molecule has 0 unspecified atom stereocenters. The largest absolute Gasteiger partial charge is 0.477 e. The van der Waals surface area contributed by atoms with Crippen molar-refractivity contribution >= 4 is 67.8 Å². The normalized spacial score (nSPS) is 13.4. The van der Waals surface area contributed by atoms with Crippen molar-refractivity contribution in [3.8, 4) is 34.6 Å². The Morgan fingerprint density at radius 2 is 1.56 bits per heavy atom. The third-order valence-electron chi connectivity index (χ3n) is 11.1. The van der Waals surface area contributed by atoms with Gasteiger partial charge >= 0.3 is 5.97 Å². The summed E-state index contributed by atoms with van der Waals surface area (Å²) in [6.45, 7) is 3.44. The first-order valence-corrected chi connectivity index (χ1v) is 23.4. The van der Waals surface area contributed by atoms with Gasteiger partial charge in [0.15, 0.2) is 0 Å². The summed E-state index contributed by atoms with van der Waals surface area (Å²) in [5, 5.41) is 26.5. The molecule has 0 amide bonds. The van der Waals surface area contributed by atoms with E-state index in [1.54, 1.807) is 47.6 Å². The highest BCUT2D eigenvalue weighted by Crippen LogP contribution is 2.41. The van der Waals surface area contributed by atoms with Crippen LogP contribution in [0.1, 0.15) is 22.6 Å². The molecule has 0 radical (unpaired) electrons. The molecule has 1 saturated heterocycles. The van der Waals surface area contributed by atoms with Crippen molar-refractivity contribution < 1.29 is 23.2 Å². The smallest absolute Gasteiger partial charge is 0.353 e. The van der Waals surface area contributed by atoms with Gasteiger partial charge in [-0.25, -0.2) is 13.2 Å². The fourth-order valence-corrected chi connectivity index (χ4v) is 10.0.